The average Bonchev–Trinajstić information content (AvgIpc) is 0.768. The van der Waals surface area contributed by atoms with Crippen molar-refractivity contribution in [3.05, 3.63) is 265 Å². The van der Waals surface area contributed by atoms with Gasteiger partial charge in [-0.15, -0.1) is 0 Å². The van der Waals surface area contributed by atoms with E-state index in [1.54, 1.807) is 36.4 Å². The molecule has 3 heterocycles. The molecule has 0 saturated heterocycles. The van der Waals surface area contributed by atoms with Crippen LogP contribution in [0.25, 0.3) is 32.3 Å². The Hall–Kier alpha value is -10.5. The second-order valence-corrected chi connectivity index (χ2v) is 24.3. The Bertz CT molecular complexity index is 4250. The molecule has 15 nitrogen and oxygen atoms in total. The quantitative estimate of drug-likeness (QED) is 0.0352. The maximum Gasteiger partial charge on any atom is 0.261 e. The molecule has 462 valence electrons. The molecule has 0 spiro atoms. The number of anilines is 3. The van der Waals surface area contributed by atoms with Crippen molar-refractivity contribution in [3.63, 3.8) is 0 Å². The minimum absolute atomic E-state index is 0.149. The Balaban J connectivity index is 0.787. The first-order valence-electron chi connectivity index (χ1n) is 30.9. The molecular weight excluding hydrogens is 1220 g/mol. The monoisotopic (exact) mass is 1280 g/mol. The van der Waals surface area contributed by atoms with Crippen molar-refractivity contribution in [1.82, 2.24) is 30.7 Å². The lowest BCUT2D eigenvalue weighted by Crippen LogP contribution is -2.39. The lowest BCUT2D eigenvalue weighted by Gasteiger charge is -2.29. The van der Waals surface area contributed by atoms with Crippen LogP contribution >= 0.6 is 36.7 Å². The second-order valence-electron chi connectivity index (χ2n) is 23.1. The normalized spacial score (nSPS) is 13.3. The van der Waals surface area contributed by atoms with Crippen molar-refractivity contribution < 1.29 is 28.8 Å². The second kappa shape index (κ2) is 26.0. The zero-order valence-corrected chi connectivity index (χ0v) is 53.6. The molecule has 18 heteroatoms. The highest BCUT2D eigenvalue weighted by atomic mass is 32.1. The number of carbonyl (C=O) groups is 6. The molecule has 0 aromatic heterocycles. The fourth-order valence-corrected chi connectivity index (χ4v) is 14.1. The van der Waals surface area contributed by atoms with Gasteiger partial charge in [0.25, 0.3) is 35.4 Å². The van der Waals surface area contributed by atoms with E-state index >= 15 is 0 Å². The van der Waals surface area contributed by atoms with Gasteiger partial charge in [-0.3, -0.25) is 43.5 Å². The van der Waals surface area contributed by atoms with Gasteiger partial charge in [0.2, 0.25) is 0 Å². The number of benzene rings is 10. The Kier molecular flexibility index (Phi) is 17.1. The first-order chi connectivity index (χ1) is 45.2. The summed E-state index contributed by atoms with van der Waals surface area (Å²) in [7, 11) is 0. The molecule has 0 bridgehead atoms. The van der Waals surface area contributed by atoms with E-state index in [0.717, 1.165) is 50.1 Å². The first kappa shape index (κ1) is 61.3. The van der Waals surface area contributed by atoms with Gasteiger partial charge in [-0.25, -0.2) is 0 Å². The van der Waals surface area contributed by atoms with Crippen LogP contribution in [0.3, 0.4) is 0 Å². The fourth-order valence-electron chi connectivity index (χ4n) is 13.5. The van der Waals surface area contributed by atoms with Gasteiger partial charge < -0.3 is 31.9 Å². The Morgan fingerprint density at radius 1 is 0.301 bits per heavy atom. The van der Waals surface area contributed by atoms with Crippen LogP contribution in [-0.2, 0) is 58.5 Å². The molecule has 10 aromatic rings. The van der Waals surface area contributed by atoms with Gasteiger partial charge in [0, 0.05) is 102 Å². The predicted molar refractivity (Wildman–Crippen MR) is 378 cm³/mol. The molecule has 0 radical (unpaired) electrons. The first-order valence-corrected chi connectivity index (χ1v) is 32.2. The number of thiocarbonyl (C=S) groups is 3. The number of nitrogens with zero attached hydrogens (tertiary/aromatic N) is 3. The van der Waals surface area contributed by atoms with Gasteiger partial charge in [0.1, 0.15) is 0 Å². The van der Waals surface area contributed by atoms with Gasteiger partial charge in [-0.2, -0.15) is 0 Å². The van der Waals surface area contributed by atoms with Gasteiger partial charge in [-0.1, -0.05) is 148 Å². The lowest BCUT2D eigenvalue weighted by atomic mass is 9.83. The van der Waals surface area contributed by atoms with Gasteiger partial charge in [0.05, 0.1) is 19.6 Å². The van der Waals surface area contributed by atoms with E-state index in [2.05, 4.69) is 52.7 Å². The molecule has 93 heavy (non-hydrogen) atoms. The summed E-state index contributed by atoms with van der Waals surface area (Å²) in [4.78, 5) is 88.2. The van der Waals surface area contributed by atoms with E-state index < -0.39 is 0 Å². The molecule has 0 atom stereocenters. The SMILES string of the molecule is CCc1c(CNC(=S)Nc2ccc3c4c(cccc24)C(=O)N(Cc2ccccc2)C3=O)c(CC)c(CNC(=S)Nc2ccc3c4c(cccc24)C(=O)N(Cc2ccccc2)C3=O)c(CC)c1CNC(=S)Nc1ccc2c3c(cccc13)C(=O)N(Cc1ccccc1)C2=O. The molecule has 0 aliphatic carbocycles. The zero-order chi connectivity index (χ0) is 64.6. The predicted octanol–water partition coefficient (Wildman–Crippen LogP) is 13.7. The molecule has 0 saturated carbocycles. The van der Waals surface area contributed by atoms with E-state index in [4.69, 9.17) is 36.7 Å². The zero-order valence-electron chi connectivity index (χ0n) is 51.2. The number of hydrogen-bond donors (Lipinski definition) is 6. The van der Waals surface area contributed by atoms with Crippen LogP contribution in [0.5, 0.6) is 0 Å². The van der Waals surface area contributed by atoms with E-state index in [-0.39, 0.29) is 55.1 Å². The number of rotatable bonds is 18. The topological polar surface area (TPSA) is 184 Å². The van der Waals surface area contributed by atoms with Gasteiger partial charge >= 0.3 is 0 Å². The van der Waals surface area contributed by atoms with E-state index in [1.807, 2.05) is 146 Å². The number of imide groups is 3. The molecule has 3 aliphatic rings. The number of carbonyl (C=O) groups excluding carboxylic acids is 6. The third-order valence-electron chi connectivity index (χ3n) is 17.8. The van der Waals surface area contributed by atoms with Crippen LogP contribution in [0.4, 0.5) is 17.1 Å². The number of amides is 6. The molecule has 13 rings (SSSR count). The summed E-state index contributed by atoms with van der Waals surface area (Å²) in [6, 6.07) is 55.4. The van der Waals surface area contributed by atoms with E-state index in [0.29, 0.717) is 137 Å². The Morgan fingerprint density at radius 2 is 0.548 bits per heavy atom. The highest BCUT2D eigenvalue weighted by Gasteiger charge is 2.37. The third-order valence-corrected chi connectivity index (χ3v) is 18.5. The molecule has 3 aliphatic heterocycles. The van der Waals surface area contributed by atoms with Crippen molar-refractivity contribution in [2.75, 3.05) is 16.0 Å². The summed E-state index contributed by atoms with van der Waals surface area (Å²) >= 11 is 18.3. The van der Waals surface area contributed by atoms with E-state index in [9.17, 15) is 28.8 Å². The summed E-state index contributed by atoms with van der Waals surface area (Å²) < 4.78 is 0. The highest BCUT2D eigenvalue weighted by molar-refractivity contribution is 7.80. The van der Waals surface area contributed by atoms with Crippen LogP contribution in [0.2, 0.25) is 0 Å². The molecule has 0 unspecified atom stereocenters. The highest BCUT2D eigenvalue weighted by Crippen LogP contribution is 2.39. The average molecular weight is 1280 g/mol. The number of nitrogens with one attached hydrogen (secondary N) is 6. The van der Waals surface area contributed by atoms with Gasteiger partial charge in [-0.05, 0) is 161 Å². The summed E-state index contributed by atoms with van der Waals surface area (Å²) in [5.41, 5.74) is 13.5. The lowest BCUT2D eigenvalue weighted by molar-refractivity contribution is 0.0583. The molecule has 0 fully saturated rings. The third kappa shape index (κ3) is 11.5. The maximum absolute atomic E-state index is 14.0. The molecule has 6 amide bonds. The van der Waals surface area contributed by atoms with Crippen LogP contribution in [0.1, 0.15) is 133 Å². The molecular formula is C75H63N9O6S3. The van der Waals surface area contributed by atoms with Crippen LogP contribution in [0, 0.1) is 0 Å². The Morgan fingerprint density at radius 3 is 0.796 bits per heavy atom. The van der Waals surface area contributed by atoms with Crippen molar-refractivity contribution in [1.29, 1.82) is 0 Å². The summed E-state index contributed by atoms with van der Waals surface area (Å²) in [5.74, 6) is -2.19. The van der Waals surface area contributed by atoms with Crippen LogP contribution in [-0.4, -0.2) is 65.5 Å². The van der Waals surface area contributed by atoms with Crippen molar-refractivity contribution >= 4 is 137 Å². The van der Waals surface area contributed by atoms with Crippen molar-refractivity contribution in [2.24, 2.45) is 0 Å². The van der Waals surface area contributed by atoms with E-state index in [1.165, 1.54) is 14.7 Å². The molecule has 10 aromatic carbocycles. The fraction of sp³-hybridized carbons (Fsp3) is 0.160. The van der Waals surface area contributed by atoms with Gasteiger partial charge in [0.15, 0.2) is 15.3 Å². The Labute approximate surface area is 553 Å². The van der Waals surface area contributed by atoms with Crippen LogP contribution < -0.4 is 31.9 Å². The van der Waals surface area contributed by atoms with Crippen molar-refractivity contribution in [2.45, 2.75) is 79.3 Å². The largest absolute Gasteiger partial charge is 0.358 e. The van der Waals surface area contributed by atoms with Crippen LogP contribution in [0.15, 0.2) is 182 Å². The maximum atomic E-state index is 14.0. The minimum Gasteiger partial charge on any atom is -0.358 e. The standard InChI is InChI=1S/C75H63N9O6S3/c1-4-46-58(37-76-73(91)79-61-34-31-55-64-49(61)25-16-28-52(64)67(85)82(70(55)88)40-43-19-10-7-11-20-43)47(5-2)60(39-78-75(93)81-63-36-33-57-66-51(63)27-18-30-54(66)69(87)84(72(57)90)42-45-23-14-9-15-24-45)48(6-3)59(46)38-77-74(92)80-62-35-32-56-65-50(62)26-17-29-53(65)68(86)83(71(56)89)41-44-21-12-8-13-22-44/h7-36H,4-6,37-42H2,1-3H3,(H2,76,79,91)(H2,77,80,92)(H2,78,81,93). The molecule has 6 N–H and O–H groups in total. The minimum atomic E-state index is -0.366. The van der Waals surface area contributed by atoms with Crippen molar-refractivity contribution in [3.8, 4) is 0 Å². The summed E-state index contributed by atoms with van der Waals surface area (Å²) in [6.45, 7) is 7.80. The summed E-state index contributed by atoms with van der Waals surface area (Å²) in [6.07, 6.45) is 1.95. The number of hydrogen-bond acceptors (Lipinski definition) is 9. The summed E-state index contributed by atoms with van der Waals surface area (Å²) in [5, 5.41) is 25.5. The smallest absolute Gasteiger partial charge is 0.261 e.